The Morgan fingerprint density at radius 2 is 1.36 bits per heavy atom. The molecule has 0 bridgehead atoms. The highest BCUT2D eigenvalue weighted by Gasteiger charge is 2.61. The summed E-state index contributed by atoms with van der Waals surface area (Å²) in [5.74, 6) is 6.81. The van der Waals surface area contributed by atoms with E-state index in [0.29, 0.717) is 17.4 Å². The minimum absolute atomic E-state index is 0.0188. The zero-order chi connectivity index (χ0) is 32.3. The Bertz CT molecular complexity index is 1340. The second-order valence-corrected chi connectivity index (χ2v) is 27.0. The van der Waals surface area contributed by atoms with Crippen LogP contribution >= 0.6 is 0 Å². The van der Waals surface area contributed by atoms with Crippen LogP contribution in [0, 0.1) is 51.9 Å². The molecule has 0 aliphatic heterocycles. The average molecular weight is 641 g/mol. The van der Waals surface area contributed by atoms with Gasteiger partial charge in [0, 0.05) is 12.0 Å². The summed E-state index contributed by atoms with van der Waals surface area (Å²) >= 11 is 0. The topological polar surface area (TPSA) is 29.5 Å². The Morgan fingerprint density at radius 3 is 1.93 bits per heavy atom. The zero-order valence-electron chi connectivity index (χ0n) is 29.5. The standard InChI is InChI=1S/C41H60O2Si2/c1-39(2,3)45(32-15-11-9-12-16-32,33-17-13-10-14-18-33)43-31-23-26-40(4)30(29-31)19-20-34-35-21-22-37(38(42)25-28-44(6,7)8)41(35,5)27-24-36(34)40/h9-18,30-31,34-38,42H,19-24,26-27,29H2,1-8H3/t30-,31+,34-,35-,36-,37+,38+,40-,41-/m0/s1. The predicted octanol–water partition coefficient (Wildman–Crippen LogP) is 8.83. The lowest BCUT2D eigenvalue weighted by atomic mass is 9.44. The van der Waals surface area contributed by atoms with Gasteiger partial charge in [0.2, 0.25) is 0 Å². The molecule has 0 amide bonds. The quantitative estimate of drug-likeness (QED) is 0.261. The highest BCUT2D eigenvalue weighted by Crippen LogP contribution is 2.68. The number of fused-ring (bicyclic) bond motifs is 5. The Morgan fingerprint density at radius 1 is 0.778 bits per heavy atom. The summed E-state index contributed by atoms with van der Waals surface area (Å²) in [6.45, 7) is 19.3. The molecule has 45 heavy (non-hydrogen) atoms. The van der Waals surface area contributed by atoms with Crippen molar-refractivity contribution in [2.24, 2.45) is 40.4 Å². The summed E-state index contributed by atoms with van der Waals surface area (Å²) in [7, 11) is -4.04. The Balaban J connectivity index is 1.22. The van der Waals surface area contributed by atoms with E-state index in [9.17, 15) is 5.11 Å². The fourth-order valence-corrected chi connectivity index (χ4v) is 16.5. The molecule has 0 heterocycles. The first-order valence-corrected chi connectivity index (χ1v) is 23.6. The van der Waals surface area contributed by atoms with Crippen LogP contribution in [0.2, 0.25) is 24.7 Å². The van der Waals surface area contributed by atoms with Gasteiger partial charge in [0.25, 0.3) is 8.32 Å². The highest BCUT2D eigenvalue weighted by molar-refractivity contribution is 6.99. The number of aliphatic hydroxyl groups excluding tert-OH is 1. The molecule has 0 radical (unpaired) electrons. The average Bonchev–Trinajstić information content (AvgIpc) is 3.36. The van der Waals surface area contributed by atoms with Gasteiger partial charge in [-0.15, -0.1) is 5.54 Å². The summed E-state index contributed by atoms with van der Waals surface area (Å²) in [5, 5.41) is 14.2. The molecule has 9 atom stereocenters. The molecule has 244 valence electrons. The van der Waals surface area contributed by atoms with Crippen molar-refractivity contribution in [2.45, 2.75) is 129 Å². The van der Waals surface area contributed by atoms with E-state index in [0.717, 1.165) is 30.1 Å². The molecule has 6 rings (SSSR count). The molecule has 2 nitrogen and oxygen atoms in total. The van der Waals surface area contributed by atoms with E-state index in [1.54, 1.807) is 0 Å². The van der Waals surface area contributed by atoms with E-state index in [4.69, 9.17) is 4.43 Å². The van der Waals surface area contributed by atoms with Gasteiger partial charge in [0.05, 0.1) is 0 Å². The van der Waals surface area contributed by atoms with Crippen molar-refractivity contribution in [3.05, 3.63) is 60.7 Å². The van der Waals surface area contributed by atoms with Crippen LogP contribution in [0.25, 0.3) is 0 Å². The van der Waals surface area contributed by atoms with Crippen molar-refractivity contribution in [2.75, 3.05) is 0 Å². The molecule has 0 unspecified atom stereocenters. The van der Waals surface area contributed by atoms with Crippen LogP contribution in [0.5, 0.6) is 0 Å². The van der Waals surface area contributed by atoms with Crippen LogP contribution in [-0.2, 0) is 4.43 Å². The lowest BCUT2D eigenvalue weighted by molar-refractivity contribution is -0.129. The van der Waals surface area contributed by atoms with Gasteiger partial charge in [-0.05, 0) is 108 Å². The van der Waals surface area contributed by atoms with E-state index in [1.165, 1.54) is 61.7 Å². The molecule has 0 spiro atoms. The molecule has 2 aromatic rings. The summed E-state index contributed by atoms with van der Waals surface area (Å²) in [6, 6.07) is 22.5. The molecular formula is C41H60O2Si2. The predicted molar refractivity (Wildman–Crippen MR) is 195 cm³/mol. The molecular weight excluding hydrogens is 581 g/mol. The van der Waals surface area contributed by atoms with E-state index in [-0.39, 0.29) is 10.5 Å². The Hall–Kier alpha value is -1.65. The second-order valence-electron chi connectivity index (χ2n) is 18.0. The molecule has 4 aliphatic rings. The highest BCUT2D eigenvalue weighted by atomic mass is 28.4. The van der Waals surface area contributed by atoms with Crippen molar-refractivity contribution in [1.29, 1.82) is 0 Å². The van der Waals surface area contributed by atoms with Gasteiger partial charge < -0.3 is 9.53 Å². The van der Waals surface area contributed by atoms with Crippen LogP contribution in [0.1, 0.15) is 92.4 Å². The first-order chi connectivity index (χ1) is 21.2. The second kappa shape index (κ2) is 12.1. The van der Waals surface area contributed by atoms with Crippen LogP contribution < -0.4 is 10.4 Å². The van der Waals surface area contributed by atoms with Crippen molar-refractivity contribution in [3.63, 3.8) is 0 Å². The smallest absolute Gasteiger partial charge is 0.261 e. The number of aliphatic hydroxyl groups is 1. The van der Waals surface area contributed by atoms with Crippen LogP contribution in [0.15, 0.2) is 60.7 Å². The van der Waals surface area contributed by atoms with Crippen LogP contribution in [0.3, 0.4) is 0 Å². The minimum Gasteiger partial charge on any atom is -0.404 e. The number of benzene rings is 2. The van der Waals surface area contributed by atoms with Gasteiger partial charge in [-0.3, -0.25) is 0 Å². The molecule has 4 saturated carbocycles. The third kappa shape index (κ3) is 5.87. The molecule has 0 aromatic heterocycles. The number of hydrogen-bond donors (Lipinski definition) is 1. The van der Waals surface area contributed by atoms with Gasteiger partial charge in [-0.1, -0.05) is 121 Å². The summed E-state index contributed by atoms with van der Waals surface area (Å²) in [6.07, 6.45) is 11.3. The molecule has 1 N–H and O–H groups in total. The molecule has 4 fully saturated rings. The monoisotopic (exact) mass is 640 g/mol. The van der Waals surface area contributed by atoms with Crippen molar-refractivity contribution < 1.29 is 9.53 Å². The van der Waals surface area contributed by atoms with Crippen molar-refractivity contribution in [1.82, 2.24) is 0 Å². The summed E-state index contributed by atoms with van der Waals surface area (Å²) in [5.41, 5.74) is 4.14. The van der Waals surface area contributed by atoms with Crippen molar-refractivity contribution in [3.8, 4) is 11.5 Å². The zero-order valence-corrected chi connectivity index (χ0v) is 31.5. The maximum absolute atomic E-state index is 11.3. The Labute approximate surface area is 277 Å². The van der Waals surface area contributed by atoms with Gasteiger partial charge >= 0.3 is 0 Å². The maximum atomic E-state index is 11.3. The lowest BCUT2D eigenvalue weighted by Gasteiger charge is -2.61. The van der Waals surface area contributed by atoms with Crippen molar-refractivity contribution >= 4 is 26.8 Å². The first-order valence-electron chi connectivity index (χ1n) is 18.2. The van der Waals surface area contributed by atoms with Crippen LogP contribution in [-0.4, -0.2) is 33.7 Å². The fourth-order valence-electron chi connectivity index (χ4n) is 11.2. The molecule has 4 aliphatic carbocycles. The molecule has 0 saturated heterocycles. The fraction of sp³-hybridized carbons (Fsp3) is 0.659. The Kier molecular flexibility index (Phi) is 8.95. The molecule has 4 heteroatoms. The van der Waals surface area contributed by atoms with Crippen LogP contribution in [0.4, 0.5) is 0 Å². The SMILES string of the molecule is CC(C)(C)[Si](O[C@@H]1CC[C@@]2(C)[C@@H](CC[C@@H]3[C@@H]2CC[C@]2(C)[C@@H]([C@H](O)C#C[Si](C)(C)C)CC[C@@H]32)C1)(c1ccccc1)c1ccccc1. The van der Waals surface area contributed by atoms with Gasteiger partial charge in [0.15, 0.2) is 0 Å². The summed E-state index contributed by atoms with van der Waals surface area (Å²) in [4.78, 5) is 0. The van der Waals surface area contributed by atoms with Gasteiger partial charge in [0.1, 0.15) is 14.2 Å². The normalized spacial score (nSPS) is 35.8. The maximum Gasteiger partial charge on any atom is 0.261 e. The number of hydrogen-bond acceptors (Lipinski definition) is 2. The molecule has 2 aromatic carbocycles. The largest absolute Gasteiger partial charge is 0.404 e. The number of rotatable bonds is 5. The third-order valence-electron chi connectivity index (χ3n) is 13.4. The van der Waals surface area contributed by atoms with Gasteiger partial charge in [-0.25, -0.2) is 0 Å². The van der Waals surface area contributed by atoms with E-state index in [2.05, 4.69) is 126 Å². The van der Waals surface area contributed by atoms with Gasteiger partial charge in [-0.2, -0.15) is 0 Å². The first kappa shape index (κ1) is 33.3. The lowest BCUT2D eigenvalue weighted by Crippen LogP contribution is -2.68. The minimum atomic E-state index is -2.55. The van der Waals surface area contributed by atoms with E-state index in [1.807, 2.05) is 0 Å². The van der Waals surface area contributed by atoms with E-state index < -0.39 is 22.5 Å². The van der Waals surface area contributed by atoms with E-state index >= 15 is 0 Å². The summed E-state index contributed by atoms with van der Waals surface area (Å²) < 4.78 is 7.72. The third-order valence-corrected chi connectivity index (χ3v) is 19.4.